The minimum absolute atomic E-state index is 0.00331. The second kappa shape index (κ2) is 9.96. The highest BCUT2D eigenvalue weighted by molar-refractivity contribution is 6.33. The summed E-state index contributed by atoms with van der Waals surface area (Å²) in [6, 6.07) is 11.9. The van der Waals surface area contributed by atoms with E-state index in [-0.39, 0.29) is 18.0 Å². The molecule has 0 spiro atoms. The molecule has 3 aliphatic rings. The first-order valence-corrected chi connectivity index (χ1v) is 15.3. The van der Waals surface area contributed by atoms with Crippen LogP contribution in [-0.2, 0) is 13.6 Å². The number of fused-ring (bicyclic) bond motifs is 4. The minimum atomic E-state index is -0.00331. The van der Waals surface area contributed by atoms with Crippen molar-refractivity contribution in [2.75, 3.05) is 19.0 Å². The number of piperidine rings is 1. The Bertz CT molecular complexity index is 1910. The molecule has 1 aliphatic heterocycles. The highest BCUT2D eigenvalue weighted by atomic mass is 35.5. The molecular formula is C32H33ClN8O2. The largest absolute Gasteiger partial charge is 0.494 e. The molecule has 2 bridgehead atoms. The van der Waals surface area contributed by atoms with E-state index in [2.05, 4.69) is 31.6 Å². The number of pyridine rings is 2. The van der Waals surface area contributed by atoms with Crippen LogP contribution >= 0.6 is 11.6 Å². The van der Waals surface area contributed by atoms with Gasteiger partial charge in [0.05, 0.1) is 29.0 Å². The normalized spacial score (nSPS) is 21.3. The number of ether oxygens (including phenoxy) is 1. The summed E-state index contributed by atoms with van der Waals surface area (Å²) >= 11 is 6.35. The molecule has 2 aliphatic carbocycles. The Morgan fingerprint density at radius 2 is 2.00 bits per heavy atom. The predicted octanol–water partition coefficient (Wildman–Crippen LogP) is 5.36. The molecule has 4 aromatic heterocycles. The van der Waals surface area contributed by atoms with Gasteiger partial charge >= 0.3 is 0 Å². The summed E-state index contributed by atoms with van der Waals surface area (Å²) < 4.78 is 10.2. The van der Waals surface area contributed by atoms with Crippen molar-refractivity contribution in [2.45, 2.75) is 44.3 Å². The highest BCUT2D eigenvalue weighted by Gasteiger charge is 2.47. The van der Waals surface area contributed by atoms with Gasteiger partial charge in [-0.25, -0.2) is 9.97 Å². The van der Waals surface area contributed by atoms with Gasteiger partial charge in [0.1, 0.15) is 22.7 Å². The Morgan fingerprint density at radius 3 is 2.72 bits per heavy atom. The van der Waals surface area contributed by atoms with E-state index in [9.17, 15) is 4.79 Å². The molecule has 2 unspecified atom stereocenters. The maximum Gasteiger partial charge on any atom is 0.254 e. The fraction of sp³-hybridized carbons (Fsp3) is 0.375. The average Bonchev–Trinajstić information content (AvgIpc) is 3.42. The van der Waals surface area contributed by atoms with Gasteiger partial charge in [0.2, 0.25) is 0 Å². The number of rotatable bonds is 7. The molecule has 10 nitrogen and oxygen atoms in total. The summed E-state index contributed by atoms with van der Waals surface area (Å²) in [4.78, 5) is 29.8. The van der Waals surface area contributed by atoms with E-state index in [1.807, 2.05) is 36.2 Å². The number of aryl methyl sites for hydroxylation is 1. The molecule has 220 valence electrons. The number of nitrogens with two attached hydrogens (primary N) is 1. The van der Waals surface area contributed by atoms with Gasteiger partial charge in [0, 0.05) is 55.6 Å². The molecule has 3 atom stereocenters. The van der Waals surface area contributed by atoms with E-state index in [1.54, 1.807) is 19.5 Å². The number of carbonyl (C=O) groups excluding carboxylic acids is 1. The SMILES string of the molecule is COc1cc(C(=O)N2CC3CCC2[C@@H]3N)cc2nc(-c3cc4ccc(Nc5ccncc5Cl)nc4n3CC3CC3)n(C)c12. The summed E-state index contributed by atoms with van der Waals surface area (Å²) in [5, 5.41) is 4.89. The molecule has 43 heavy (non-hydrogen) atoms. The first kappa shape index (κ1) is 26.5. The van der Waals surface area contributed by atoms with Crippen molar-refractivity contribution < 1.29 is 9.53 Å². The Labute approximate surface area is 253 Å². The van der Waals surface area contributed by atoms with Crippen LogP contribution in [0, 0.1) is 11.8 Å². The Kier molecular flexibility index (Phi) is 6.13. The number of methoxy groups -OCH3 is 1. The first-order valence-electron chi connectivity index (χ1n) is 14.9. The smallest absolute Gasteiger partial charge is 0.254 e. The quantitative estimate of drug-likeness (QED) is 0.260. The number of aromatic nitrogens is 5. The number of benzene rings is 1. The molecule has 0 radical (unpaired) electrons. The average molecular weight is 597 g/mol. The van der Waals surface area contributed by atoms with Gasteiger partial charge in [-0.05, 0) is 73.9 Å². The van der Waals surface area contributed by atoms with Gasteiger partial charge < -0.3 is 29.8 Å². The molecule has 1 amide bonds. The minimum Gasteiger partial charge on any atom is -0.494 e. The molecule has 5 heterocycles. The number of hydrogen-bond donors (Lipinski definition) is 2. The van der Waals surface area contributed by atoms with Gasteiger partial charge in [-0.15, -0.1) is 0 Å². The van der Waals surface area contributed by atoms with Gasteiger partial charge in [-0.2, -0.15) is 0 Å². The van der Waals surface area contributed by atoms with Crippen molar-refractivity contribution in [3.8, 4) is 17.3 Å². The van der Waals surface area contributed by atoms with Crippen LogP contribution in [-0.4, -0.2) is 60.6 Å². The summed E-state index contributed by atoms with van der Waals surface area (Å²) in [5.74, 6) is 3.12. The Hall–Kier alpha value is -4.15. The number of likely N-dealkylation sites (tertiary alicyclic amines) is 1. The number of hydrogen-bond acceptors (Lipinski definition) is 7. The van der Waals surface area contributed by atoms with Crippen LogP contribution in [0.5, 0.6) is 5.75 Å². The van der Waals surface area contributed by atoms with Crippen LogP contribution in [0.4, 0.5) is 11.5 Å². The van der Waals surface area contributed by atoms with E-state index in [0.717, 1.165) is 65.2 Å². The standard InChI is InChI=1S/C32H33ClN8O2/c1-39-29-23(11-20(13-26(29)43-2)32(42)41-16-19-5-7-24(41)28(19)34)37-31(39)25-12-18-6-8-27(36-22-9-10-35-14-21(22)33)38-30(18)40(25)15-17-3-4-17/h6,8-14,17,19,24,28H,3-5,7,15-16,34H2,1-2H3,(H,35,36,38)/t19?,24?,28-/m1/s1. The molecular weight excluding hydrogens is 564 g/mol. The van der Waals surface area contributed by atoms with E-state index >= 15 is 0 Å². The molecule has 3 N–H and O–H groups in total. The zero-order valence-electron chi connectivity index (χ0n) is 24.1. The van der Waals surface area contributed by atoms with Crippen LogP contribution in [0.2, 0.25) is 5.02 Å². The van der Waals surface area contributed by atoms with Crippen LogP contribution in [0.25, 0.3) is 33.6 Å². The second-order valence-corrected chi connectivity index (χ2v) is 12.6. The lowest BCUT2D eigenvalue weighted by Gasteiger charge is -2.27. The lowest BCUT2D eigenvalue weighted by molar-refractivity contribution is 0.0700. The molecule has 11 heteroatoms. The number of halogens is 1. The monoisotopic (exact) mass is 596 g/mol. The van der Waals surface area contributed by atoms with Gasteiger partial charge in [-0.3, -0.25) is 9.78 Å². The van der Waals surface area contributed by atoms with Gasteiger partial charge in [-0.1, -0.05) is 11.6 Å². The zero-order chi connectivity index (χ0) is 29.4. The van der Waals surface area contributed by atoms with Crippen molar-refractivity contribution in [1.29, 1.82) is 0 Å². The Balaban J connectivity index is 1.21. The molecule has 5 aromatic rings. The number of imidazole rings is 1. The van der Waals surface area contributed by atoms with Crippen molar-refractivity contribution in [3.05, 3.63) is 59.4 Å². The molecule has 3 fully saturated rings. The van der Waals surface area contributed by atoms with Crippen LogP contribution < -0.4 is 15.8 Å². The van der Waals surface area contributed by atoms with Crippen molar-refractivity contribution >= 4 is 51.1 Å². The van der Waals surface area contributed by atoms with Gasteiger partial charge in [0.25, 0.3) is 5.91 Å². The Morgan fingerprint density at radius 1 is 1.14 bits per heavy atom. The second-order valence-electron chi connectivity index (χ2n) is 12.2. The van der Waals surface area contributed by atoms with E-state index in [4.69, 9.17) is 32.0 Å². The molecule has 8 rings (SSSR count). The van der Waals surface area contributed by atoms with Gasteiger partial charge in [0.15, 0.2) is 5.82 Å². The maximum absolute atomic E-state index is 13.7. The summed E-state index contributed by atoms with van der Waals surface area (Å²) in [6.07, 6.45) is 7.78. The van der Waals surface area contributed by atoms with Crippen LogP contribution in [0.15, 0.2) is 48.8 Å². The number of anilines is 2. The van der Waals surface area contributed by atoms with E-state index in [0.29, 0.717) is 34.0 Å². The zero-order valence-corrected chi connectivity index (χ0v) is 24.9. The fourth-order valence-electron chi connectivity index (χ4n) is 7.01. The number of nitrogens with one attached hydrogen (secondary N) is 1. The summed E-state index contributed by atoms with van der Waals surface area (Å²) in [5.41, 5.74) is 11.2. The van der Waals surface area contributed by atoms with Crippen molar-refractivity contribution in [3.63, 3.8) is 0 Å². The van der Waals surface area contributed by atoms with Crippen molar-refractivity contribution in [2.24, 2.45) is 24.6 Å². The lowest BCUT2D eigenvalue weighted by atomic mass is 10.1. The van der Waals surface area contributed by atoms with E-state index < -0.39 is 0 Å². The maximum atomic E-state index is 13.7. The first-order chi connectivity index (χ1) is 20.9. The number of carbonyl (C=O) groups is 1. The van der Waals surface area contributed by atoms with Crippen LogP contribution in [0.3, 0.4) is 0 Å². The summed E-state index contributed by atoms with van der Waals surface area (Å²) in [7, 11) is 3.64. The fourth-order valence-corrected chi connectivity index (χ4v) is 7.17. The molecule has 1 saturated heterocycles. The lowest BCUT2D eigenvalue weighted by Crippen LogP contribution is -2.41. The highest BCUT2D eigenvalue weighted by Crippen LogP contribution is 2.40. The third-order valence-corrected chi connectivity index (χ3v) is 9.76. The van der Waals surface area contributed by atoms with Crippen molar-refractivity contribution in [1.82, 2.24) is 29.0 Å². The topological polar surface area (TPSA) is 116 Å². The third kappa shape index (κ3) is 4.34. The number of amides is 1. The summed E-state index contributed by atoms with van der Waals surface area (Å²) in [6.45, 7) is 1.57. The number of nitrogens with zero attached hydrogens (tertiary/aromatic N) is 6. The van der Waals surface area contributed by atoms with Crippen LogP contribution in [0.1, 0.15) is 36.0 Å². The van der Waals surface area contributed by atoms with E-state index in [1.165, 1.54) is 12.8 Å². The molecule has 2 saturated carbocycles. The molecule has 1 aromatic carbocycles. The third-order valence-electron chi connectivity index (χ3n) is 9.46. The predicted molar refractivity (Wildman–Crippen MR) is 167 cm³/mol.